The van der Waals surface area contributed by atoms with Gasteiger partial charge < -0.3 is 14.5 Å². The molecule has 0 radical (unpaired) electrons. The average Bonchev–Trinajstić information content (AvgIpc) is 2.79. The summed E-state index contributed by atoms with van der Waals surface area (Å²) in [4.78, 5) is 21.0. The molecule has 0 spiro atoms. The molecule has 2 saturated heterocycles. The molecule has 1 amide bonds. The van der Waals surface area contributed by atoms with Crippen molar-refractivity contribution in [1.82, 2.24) is 9.88 Å². The van der Waals surface area contributed by atoms with Crippen LogP contribution < -0.4 is 4.90 Å². The molecule has 1 unspecified atom stereocenters. The predicted molar refractivity (Wildman–Crippen MR) is 91.2 cm³/mol. The zero-order valence-electron chi connectivity index (χ0n) is 13.6. The van der Waals surface area contributed by atoms with Crippen molar-refractivity contribution < 1.29 is 9.53 Å². The first-order valence-electron chi connectivity index (χ1n) is 8.42. The lowest BCUT2D eigenvalue weighted by molar-refractivity contribution is 0.0302. The Morgan fingerprint density at radius 3 is 2.78 bits per heavy atom. The van der Waals surface area contributed by atoms with E-state index in [1.165, 1.54) is 6.42 Å². The molecule has 2 aliphatic rings. The Balaban J connectivity index is 1.73. The number of pyridine rings is 1. The van der Waals surface area contributed by atoms with Gasteiger partial charge in [0.15, 0.2) is 0 Å². The molecule has 23 heavy (non-hydrogen) atoms. The number of halogens is 1. The van der Waals surface area contributed by atoms with E-state index in [2.05, 4.69) is 16.8 Å². The molecule has 3 rings (SSSR count). The predicted octanol–water partition coefficient (Wildman–Crippen LogP) is 2.83. The second-order valence-electron chi connectivity index (χ2n) is 6.46. The monoisotopic (exact) mass is 337 g/mol. The molecule has 1 atom stereocenters. The summed E-state index contributed by atoms with van der Waals surface area (Å²) < 4.78 is 5.29. The molecule has 0 bridgehead atoms. The highest BCUT2D eigenvalue weighted by Crippen LogP contribution is 2.28. The lowest BCUT2D eigenvalue weighted by Crippen LogP contribution is -2.40. The summed E-state index contributed by atoms with van der Waals surface area (Å²) >= 11 is 6.44. The first kappa shape index (κ1) is 16.5. The van der Waals surface area contributed by atoms with Crippen molar-refractivity contribution in [3.05, 3.63) is 22.8 Å². The standard InChI is InChI=1S/C17H24ClN3O2/c1-13-3-2-5-20(6-4-13)16-15(18)11-14(12-19-16)17(22)21-7-9-23-10-8-21/h11-13H,2-10H2,1H3. The number of ether oxygens (including phenoxy) is 1. The number of anilines is 1. The van der Waals surface area contributed by atoms with Crippen LogP contribution in [0.5, 0.6) is 0 Å². The van der Waals surface area contributed by atoms with Gasteiger partial charge in [-0.15, -0.1) is 0 Å². The minimum atomic E-state index is -0.0151. The van der Waals surface area contributed by atoms with E-state index in [9.17, 15) is 4.79 Å². The van der Waals surface area contributed by atoms with Crippen molar-refractivity contribution in [2.45, 2.75) is 26.2 Å². The van der Waals surface area contributed by atoms with Gasteiger partial charge in [-0.2, -0.15) is 0 Å². The largest absolute Gasteiger partial charge is 0.378 e. The van der Waals surface area contributed by atoms with Crippen molar-refractivity contribution in [2.75, 3.05) is 44.3 Å². The molecule has 0 aromatic carbocycles. The molecule has 6 heteroatoms. The summed E-state index contributed by atoms with van der Waals surface area (Å²) in [6.07, 6.45) is 5.23. The number of aromatic nitrogens is 1. The lowest BCUT2D eigenvalue weighted by Gasteiger charge is -2.27. The molecule has 3 heterocycles. The molecule has 126 valence electrons. The molecule has 5 nitrogen and oxygen atoms in total. The Bertz CT molecular complexity index is 561. The van der Waals surface area contributed by atoms with Gasteiger partial charge in [0.25, 0.3) is 5.91 Å². The third-order valence-corrected chi connectivity index (χ3v) is 4.96. The first-order valence-corrected chi connectivity index (χ1v) is 8.80. The van der Waals surface area contributed by atoms with E-state index in [0.717, 1.165) is 37.7 Å². The van der Waals surface area contributed by atoms with E-state index in [1.807, 2.05) is 0 Å². The van der Waals surface area contributed by atoms with Crippen LogP contribution in [-0.2, 0) is 4.74 Å². The normalized spacial score (nSPS) is 22.8. The number of rotatable bonds is 2. The maximum Gasteiger partial charge on any atom is 0.255 e. The number of morpholine rings is 1. The summed E-state index contributed by atoms with van der Waals surface area (Å²) in [5, 5.41) is 0.568. The van der Waals surface area contributed by atoms with Crippen LogP contribution in [0.3, 0.4) is 0 Å². The van der Waals surface area contributed by atoms with E-state index < -0.39 is 0 Å². The summed E-state index contributed by atoms with van der Waals surface area (Å²) in [6.45, 7) is 6.69. The van der Waals surface area contributed by atoms with Gasteiger partial charge in [0, 0.05) is 32.4 Å². The Morgan fingerprint density at radius 2 is 2.04 bits per heavy atom. The summed E-state index contributed by atoms with van der Waals surface area (Å²) in [6, 6.07) is 1.76. The van der Waals surface area contributed by atoms with Gasteiger partial charge >= 0.3 is 0 Å². The van der Waals surface area contributed by atoms with E-state index in [1.54, 1.807) is 17.2 Å². The highest BCUT2D eigenvalue weighted by atomic mass is 35.5. The van der Waals surface area contributed by atoms with Gasteiger partial charge in [0.2, 0.25) is 0 Å². The van der Waals surface area contributed by atoms with Crippen LogP contribution in [0.2, 0.25) is 5.02 Å². The van der Waals surface area contributed by atoms with Gasteiger partial charge in [-0.1, -0.05) is 18.5 Å². The maximum atomic E-state index is 12.5. The molecule has 1 aromatic heterocycles. The summed E-state index contributed by atoms with van der Waals surface area (Å²) in [5.74, 6) is 1.54. The quantitative estimate of drug-likeness (QED) is 0.832. The van der Waals surface area contributed by atoms with Crippen molar-refractivity contribution in [2.24, 2.45) is 5.92 Å². The van der Waals surface area contributed by atoms with Gasteiger partial charge in [-0.05, 0) is 31.2 Å². The zero-order valence-corrected chi connectivity index (χ0v) is 14.4. The van der Waals surface area contributed by atoms with Crippen LogP contribution in [0.15, 0.2) is 12.3 Å². The number of hydrogen-bond acceptors (Lipinski definition) is 4. The highest BCUT2D eigenvalue weighted by molar-refractivity contribution is 6.33. The number of carbonyl (C=O) groups is 1. The van der Waals surface area contributed by atoms with Crippen molar-refractivity contribution in [1.29, 1.82) is 0 Å². The zero-order chi connectivity index (χ0) is 16.2. The third-order valence-electron chi connectivity index (χ3n) is 4.68. The van der Waals surface area contributed by atoms with E-state index in [0.29, 0.717) is 36.9 Å². The number of carbonyl (C=O) groups excluding carboxylic acids is 1. The van der Waals surface area contributed by atoms with Crippen molar-refractivity contribution in [3.63, 3.8) is 0 Å². The molecule has 2 aliphatic heterocycles. The van der Waals surface area contributed by atoms with Crippen molar-refractivity contribution in [3.8, 4) is 0 Å². The molecular formula is C17H24ClN3O2. The molecule has 0 saturated carbocycles. The van der Waals surface area contributed by atoms with Crippen molar-refractivity contribution >= 4 is 23.3 Å². The number of amides is 1. The fourth-order valence-corrected chi connectivity index (χ4v) is 3.49. The van der Waals surface area contributed by atoms with Crippen LogP contribution >= 0.6 is 11.6 Å². The Hall–Kier alpha value is -1.33. The smallest absolute Gasteiger partial charge is 0.255 e. The molecule has 0 aliphatic carbocycles. The number of hydrogen-bond donors (Lipinski definition) is 0. The lowest BCUT2D eigenvalue weighted by atomic mass is 10.0. The van der Waals surface area contributed by atoms with Crippen LogP contribution in [0.1, 0.15) is 36.5 Å². The average molecular weight is 338 g/mol. The summed E-state index contributed by atoms with van der Waals surface area (Å²) in [7, 11) is 0. The molecule has 0 N–H and O–H groups in total. The highest BCUT2D eigenvalue weighted by Gasteiger charge is 2.22. The first-order chi connectivity index (χ1) is 11.1. The number of nitrogens with zero attached hydrogens (tertiary/aromatic N) is 3. The molecule has 1 aromatic rings. The molecule has 2 fully saturated rings. The van der Waals surface area contributed by atoms with Crippen LogP contribution in [0, 0.1) is 5.92 Å². The fraction of sp³-hybridized carbons (Fsp3) is 0.647. The van der Waals surface area contributed by atoms with Gasteiger partial charge in [0.1, 0.15) is 5.82 Å². The van der Waals surface area contributed by atoms with Gasteiger partial charge in [0.05, 0.1) is 23.8 Å². The van der Waals surface area contributed by atoms with Crippen LogP contribution in [0.25, 0.3) is 0 Å². The van der Waals surface area contributed by atoms with Gasteiger partial charge in [-0.25, -0.2) is 4.98 Å². The summed E-state index contributed by atoms with van der Waals surface area (Å²) in [5.41, 5.74) is 0.559. The van der Waals surface area contributed by atoms with Crippen LogP contribution in [-0.4, -0.2) is 55.2 Å². The van der Waals surface area contributed by atoms with E-state index in [-0.39, 0.29) is 5.91 Å². The topological polar surface area (TPSA) is 45.7 Å². The minimum absolute atomic E-state index is 0.0151. The Labute approximate surface area is 142 Å². The molecular weight excluding hydrogens is 314 g/mol. The van der Waals surface area contributed by atoms with E-state index in [4.69, 9.17) is 16.3 Å². The Kier molecular flexibility index (Phi) is 5.38. The maximum absolute atomic E-state index is 12.5. The minimum Gasteiger partial charge on any atom is -0.378 e. The van der Waals surface area contributed by atoms with Crippen LogP contribution in [0.4, 0.5) is 5.82 Å². The third kappa shape index (κ3) is 3.96. The van der Waals surface area contributed by atoms with Gasteiger partial charge in [-0.3, -0.25) is 4.79 Å². The fourth-order valence-electron chi connectivity index (χ4n) is 3.20. The second-order valence-corrected chi connectivity index (χ2v) is 6.86. The Morgan fingerprint density at radius 1 is 1.26 bits per heavy atom. The second kappa shape index (κ2) is 7.49. The van der Waals surface area contributed by atoms with E-state index >= 15 is 0 Å². The SMILES string of the molecule is CC1CCCN(c2ncc(C(=O)N3CCOCC3)cc2Cl)CC1.